The van der Waals surface area contributed by atoms with Crippen LogP contribution in [-0.4, -0.2) is 49.0 Å². The molecule has 0 fully saturated rings. The molecule has 0 saturated heterocycles. The summed E-state index contributed by atoms with van der Waals surface area (Å²) in [5.41, 5.74) is -1.25. The first kappa shape index (κ1) is 24.3. The molecule has 0 aromatic carbocycles. The van der Waals surface area contributed by atoms with E-state index in [2.05, 4.69) is 20.9 Å². The van der Waals surface area contributed by atoms with E-state index >= 15 is 0 Å². The van der Waals surface area contributed by atoms with Crippen LogP contribution in [0.2, 0.25) is 0 Å². The quantitative estimate of drug-likeness (QED) is 0.443. The highest BCUT2D eigenvalue weighted by Crippen LogP contribution is 2.19. The molecule has 3 N–H and O–H groups in total. The monoisotopic (exact) mass is 382 g/mol. The Balaban J connectivity index is 4.99. The summed E-state index contributed by atoms with van der Waals surface area (Å²) in [5.74, 6) is 0.286. The van der Waals surface area contributed by atoms with Crippen LogP contribution in [0.25, 0.3) is 0 Å². The fourth-order valence-corrected chi connectivity index (χ4v) is 2.10. The molecular formula is C17H33F3N4O2. The Hall–Kier alpha value is -1.67. The molecule has 0 atom stereocenters. The van der Waals surface area contributed by atoms with E-state index in [1.165, 1.54) is 0 Å². The van der Waals surface area contributed by atoms with Crippen molar-refractivity contribution in [2.45, 2.75) is 78.1 Å². The second-order valence-corrected chi connectivity index (χ2v) is 7.10. The van der Waals surface area contributed by atoms with Gasteiger partial charge in [-0.15, -0.1) is 0 Å². The van der Waals surface area contributed by atoms with Crippen LogP contribution in [0.4, 0.5) is 18.0 Å². The molecule has 9 heteroatoms. The van der Waals surface area contributed by atoms with Gasteiger partial charge in [0.1, 0.15) is 5.60 Å². The summed E-state index contributed by atoms with van der Waals surface area (Å²) < 4.78 is 42.2. The molecule has 0 aliphatic carbocycles. The number of hydrogen-bond donors (Lipinski definition) is 3. The van der Waals surface area contributed by atoms with Gasteiger partial charge in [0.05, 0.1) is 18.5 Å². The molecule has 0 aliphatic heterocycles. The van der Waals surface area contributed by atoms with Crippen LogP contribution in [0, 0.1) is 0 Å². The van der Waals surface area contributed by atoms with Gasteiger partial charge in [0.25, 0.3) is 0 Å². The maximum Gasteiger partial charge on any atom is 0.408 e. The van der Waals surface area contributed by atoms with Crippen molar-refractivity contribution < 1.29 is 22.7 Å². The number of halogens is 3. The number of ether oxygens (including phenoxy) is 1. The van der Waals surface area contributed by atoms with Gasteiger partial charge in [-0.3, -0.25) is 4.99 Å². The summed E-state index contributed by atoms with van der Waals surface area (Å²) in [6.07, 6.45) is -4.49. The molecule has 0 radical (unpaired) electrons. The van der Waals surface area contributed by atoms with E-state index in [1.54, 1.807) is 20.8 Å². The molecular weight excluding hydrogens is 349 g/mol. The standard InChI is InChI=1S/C17H33F3N4O2/c1-7-16(8-2,24-14(25)26-15(4,5)6)12-23-13(21-9-3)22-11-10-17(18,19)20/h7-12H2,1-6H3,(H,24,25)(H2,21,22,23). The fourth-order valence-electron chi connectivity index (χ4n) is 2.10. The molecule has 0 heterocycles. The molecule has 0 rings (SSSR count). The SMILES string of the molecule is CCNC(=NCC(CC)(CC)NC(=O)OC(C)(C)C)NCCC(F)(F)F. The summed E-state index contributed by atoms with van der Waals surface area (Å²) in [4.78, 5) is 16.5. The van der Waals surface area contributed by atoms with E-state index in [-0.39, 0.29) is 19.0 Å². The Labute approximate surface area is 154 Å². The third kappa shape index (κ3) is 11.0. The van der Waals surface area contributed by atoms with Crippen molar-refractivity contribution in [1.29, 1.82) is 0 Å². The van der Waals surface area contributed by atoms with Gasteiger partial charge in [-0.05, 0) is 40.5 Å². The lowest BCUT2D eigenvalue weighted by Crippen LogP contribution is -2.52. The maximum atomic E-state index is 12.3. The minimum Gasteiger partial charge on any atom is -0.444 e. The first-order valence-corrected chi connectivity index (χ1v) is 8.96. The lowest BCUT2D eigenvalue weighted by Gasteiger charge is -2.32. The molecule has 0 spiro atoms. The third-order valence-corrected chi connectivity index (χ3v) is 3.70. The van der Waals surface area contributed by atoms with Crippen molar-refractivity contribution in [1.82, 2.24) is 16.0 Å². The fraction of sp³-hybridized carbons (Fsp3) is 0.882. The number of amides is 1. The van der Waals surface area contributed by atoms with Crippen LogP contribution in [0.15, 0.2) is 4.99 Å². The van der Waals surface area contributed by atoms with Crippen LogP contribution >= 0.6 is 0 Å². The smallest absolute Gasteiger partial charge is 0.408 e. The molecule has 154 valence electrons. The molecule has 0 saturated carbocycles. The Morgan fingerprint density at radius 2 is 1.62 bits per heavy atom. The minimum atomic E-state index is -4.22. The van der Waals surface area contributed by atoms with E-state index in [4.69, 9.17) is 4.74 Å². The zero-order chi connectivity index (χ0) is 20.4. The normalized spacial score (nSPS) is 13.3. The topological polar surface area (TPSA) is 74.8 Å². The summed E-state index contributed by atoms with van der Waals surface area (Å²) in [7, 11) is 0. The van der Waals surface area contributed by atoms with Gasteiger partial charge < -0.3 is 20.7 Å². The van der Waals surface area contributed by atoms with E-state index < -0.39 is 29.8 Å². The van der Waals surface area contributed by atoms with Gasteiger partial charge in [-0.25, -0.2) is 4.79 Å². The van der Waals surface area contributed by atoms with Crippen molar-refractivity contribution in [2.75, 3.05) is 19.6 Å². The number of alkyl carbamates (subject to hydrolysis) is 1. The molecule has 0 bridgehead atoms. The summed E-state index contributed by atoms with van der Waals surface area (Å²) in [5, 5.41) is 8.43. The maximum absolute atomic E-state index is 12.3. The zero-order valence-electron chi connectivity index (χ0n) is 16.6. The summed E-state index contributed by atoms with van der Waals surface area (Å²) >= 11 is 0. The molecule has 0 unspecified atom stereocenters. The van der Waals surface area contributed by atoms with E-state index in [0.717, 1.165) is 0 Å². The average Bonchev–Trinajstić information content (AvgIpc) is 2.48. The van der Waals surface area contributed by atoms with Crippen LogP contribution in [-0.2, 0) is 4.74 Å². The second kappa shape index (κ2) is 10.5. The number of nitrogens with one attached hydrogen (secondary N) is 3. The van der Waals surface area contributed by atoms with Gasteiger partial charge in [0.2, 0.25) is 0 Å². The van der Waals surface area contributed by atoms with Gasteiger partial charge in [0.15, 0.2) is 5.96 Å². The van der Waals surface area contributed by atoms with E-state index in [0.29, 0.717) is 19.4 Å². The number of alkyl halides is 3. The van der Waals surface area contributed by atoms with Gasteiger partial charge in [-0.2, -0.15) is 13.2 Å². The number of carbonyl (C=O) groups is 1. The zero-order valence-corrected chi connectivity index (χ0v) is 16.6. The Kier molecular flexibility index (Phi) is 9.80. The van der Waals surface area contributed by atoms with Gasteiger partial charge >= 0.3 is 12.3 Å². The van der Waals surface area contributed by atoms with Crippen molar-refractivity contribution in [3.05, 3.63) is 0 Å². The van der Waals surface area contributed by atoms with E-state index in [1.807, 2.05) is 20.8 Å². The minimum absolute atomic E-state index is 0.223. The molecule has 0 aromatic rings. The van der Waals surface area contributed by atoms with Crippen molar-refractivity contribution in [3.8, 4) is 0 Å². The first-order valence-electron chi connectivity index (χ1n) is 8.96. The molecule has 1 amide bonds. The Morgan fingerprint density at radius 3 is 2.04 bits per heavy atom. The molecule has 0 aromatic heterocycles. The average molecular weight is 382 g/mol. The molecule has 6 nitrogen and oxygen atoms in total. The highest BCUT2D eigenvalue weighted by atomic mass is 19.4. The van der Waals surface area contributed by atoms with Crippen LogP contribution < -0.4 is 16.0 Å². The van der Waals surface area contributed by atoms with Crippen molar-refractivity contribution in [2.24, 2.45) is 4.99 Å². The highest BCUT2D eigenvalue weighted by molar-refractivity contribution is 5.79. The first-order chi connectivity index (χ1) is 11.9. The number of aliphatic imine (C=N–C) groups is 1. The van der Waals surface area contributed by atoms with Crippen molar-refractivity contribution in [3.63, 3.8) is 0 Å². The predicted molar refractivity (Wildman–Crippen MR) is 97.3 cm³/mol. The Morgan fingerprint density at radius 1 is 1.04 bits per heavy atom. The highest BCUT2D eigenvalue weighted by Gasteiger charge is 2.31. The van der Waals surface area contributed by atoms with Gasteiger partial charge in [-0.1, -0.05) is 13.8 Å². The number of guanidine groups is 1. The summed E-state index contributed by atoms with van der Waals surface area (Å²) in [6, 6.07) is 0. The van der Waals surface area contributed by atoms with E-state index in [9.17, 15) is 18.0 Å². The van der Waals surface area contributed by atoms with Crippen LogP contribution in [0.1, 0.15) is 60.8 Å². The van der Waals surface area contributed by atoms with Gasteiger partial charge in [0, 0.05) is 13.1 Å². The number of carbonyl (C=O) groups excluding carboxylic acids is 1. The van der Waals surface area contributed by atoms with Crippen LogP contribution in [0.3, 0.4) is 0 Å². The predicted octanol–water partition coefficient (Wildman–Crippen LogP) is 3.58. The summed E-state index contributed by atoms with van der Waals surface area (Å²) in [6.45, 7) is 11.5. The lowest BCUT2D eigenvalue weighted by molar-refractivity contribution is -0.132. The molecule has 0 aliphatic rings. The number of nitrogens with zero attached hydrogens (tertiary/aromatic N) is 1. The second-order valence-electron chi connectivity index (χ2n) is 7.10. The lowest BCUT2D eigenvalue weighted by atomic mass is 9.93. The number of hydrogen-bond acceptors (Lipinski definition) is 3. The van der Waals surface area contributed by atoms with Crippen LogP contribution in [0.5, 0.6) is 0 Å². The number of rotatable bonds is 8. The third-order valence-electron chi connectivity index (χ3n) is 3.70. The largest absolute Gasteiger partial charge is 0.444 e. The van der Waals surface area contributed by atoms with Crippen molar-refractivity contribution >= 4 is 12.1 Å². The Bertz CT molecular complexity index is 456. The molecule has 26 heavy (non-hydrogen) atoms.